The first-order chi connectivity index (χ1) is 7.54. The van der Waals surface area contributed by atoms with Crippen LogP contribution in [0.4, 0.5) is 5.69 Å². The van der Waals surface area contributed by atoms with Crippen molar-refractivity contribution in [1.82, 2.24) is 0 Å². The number of thioether (sulfide) groups is 1. The van der Waals surface area contributed by atoms with Crippen LogP contribution in [0, 0.1) is 21.4 Å². The quantitative estimate of drug-likeness (QED) is 0.485. The summed E-state index contributed by atoms with van der Waals surface area (Å²) in [6, 6.07) is 5.63. The van der Waals surface area contributed by atoms with E-state index in [-0.39, 0.29) is 17.0 Å². The lowest BCUT2D eigenvalue weighted by Crippen LogP contribution is -1.98. The molecule has 1 aromatic carbocycles. The third kappa shape index (κ3) is 2.96. The smallest absolute Gasteiger partial charge is 0.313 e. The number of hydrogen-bond donors (Lipinski definition) is 1. The first-order valence-electron chi connectivity index (χ1n) is 4.07. The molecule has 82 valence electrons. The molecule has 0 radical (unpaired) electrons. The summed E-state index contributed by atoms with van der Waals surface area (Å²) in [6.07, 6.45) is 0. The maximum atomic E-state index is 10.5. The Morgan fingerprint density at radius 1 is 1.62 bits per heavy atom. The molecule has 1 N–H and O–H groups in total. The Labute approximate surface area is 94.7 Å². The number of benzene rings is 1. The van der Waals surface area contributed by atoms with Crippen molar-refractivity contribution >= 4 is 23.4 Å². The predicted octanol–water partition coefficient (Wildman–Crippen LogP) is 1.64. The van der Waals surface area contributed by atoms with Crippen LogP contribution in [-0.4, -0.2) is 21.8 Å². The zero-order valence-electron chi connectivity index (χ0n) is 7.91. The van der Waals surface area contributed by atoms with Crippen molar-refractivity contribution in [3.05, 3.63) is 33.9 Å². The van der Waals surface area contributed by atoms with Crippen molar-refractivity contribution in [3.63, 3.8) is 0 Å². The molecule has 0 heterocycles. The van der Waals surface area contributed by atoms with Crippen LogP contribution in [0.15, 0.2) is 23.1 Å². The topological polar surface area (TPSA) is 104 Å². The van der Waals surface area contributed by atoms with E-state index in [9.17, 15) is 14.9 Å². The van der Waals surface area contributed by atoms with E-state index >= 15 is 0 Å². The van der Waals surface area contributed by atoms with Gasteiger partial charge in [0.25, 0.3) is 5.69 Å². The van der Waals surface area contributed by atoms with E-state index in [2.05, 4.69) is 0 Å². The maximum Gasteiger partial charge on any atom is 0.313 e. The molecular formula is C9H6N2O4S. The van der Waals surface area contributed by atoms with E-state index in [4.69, 9.17) is 10.4 Å². The summed E-state index contributed by atoms with van der Waals surface area (Å²) >= 11 is 1.01. The monoisotopic (exact) mass is 238 g/mol. The van der Waals surface area contributed by atoms with Gasteiger partial charge < -0.3 is 5.11 Å². The number of nitro groups is 1. The number of nitriles is 1. The molecule has 6 nitrogen and oxygen atoms in total. The SMILES string of the molecule is N#Cc1cc(SCC(=O)O)ccc1[N+](=O)[O-]. The second-order valence-corrected chi connectivity index (χ2v) is 3.78. The fourth-order valence-electron chi connectivity index (χ4n) is 0.999. The van der Waals surface area contributed by atoms with Crippen molar-refractivity contribution in [2.24, 2.45) is 0 Å². The summed E-state index contributed by atoms with van der Waals surface area (Å²) in [6.45, 7) is 0. The Hall–Kier alpha value is -2.07. The number of nitro benzene ring substituents is 1. The number of hydrogen-bond acceptors (Lipinski definition) is 5. The van der Waals surface area contributed by atoms with Crippen LogP contribution < -0.4 is 0 Å². The lowest BCUT2D eigenvalue weighted by Gasteiger charge is -1.99. The molecule has 16 heavy (non-hydrogen) atoms. The molecule has 0 saturated carbocycles. The van der Waals surface area contributed by atoms with Crippen LogP contribution in [0.2, 0.25) is 0 Å². The molecule has 0 aliphatic carbocycles. The van der Waals surface area contributed by atoms with Crippen molar-refractivity contribution in [2.45, 2.75) is 4.90 Å². The number of aliphatic carboxylic acids is 1. The van der Waals surface area contributed by atoms with Crippen LogP contribution in [0.3, 0.4) is 0 Å². The number of nitrogens with zero attached hydrogens (tertiary/aromatic N) is 2. The maximum absolute atomic E-state index is 10.5. The van der Waals surface area contributed by atoms with Crippen molar-refractivity contribution < 1.29 is 14.8 Å². The van der Waals surface area contributed by atoms with Crippen LogP contribution in [0.5, 0.6) is 0 Å². The molecule has 0 spiro atoms. The number of rotatable bonds is 4. The summed E-state index contributed by atoms with van der Waals surface area (Å²) in [4.78, 5) is 20.7. The molecule has 0 aliphatic heterocycles. The molecule has 0 aromatic heterocycles. The first-order valence-corrected chi connectivity index (χ1v) is 5.06. The van der Waals surface area contributed by atoms with Gasteiger partial charge in [-0.25, -0.2) is 0 Å². The average Bonchev–Trinajstić information content (AvgIpc) is 2.25. The van der Waals surface area contributed by atoms with E-state index < -0.39 is 10.9 Å². The van der Waals surface area contributed by atoms with Crippen LogP contribution in [0.25, 0.3) is 0 Å². The summed E-state index contributed by atoms with van der Waals surface area (Å²) in [5.74, 6) is -1.13. The van der Waals surface area contributed by atoms with Crippen LogP contribution in [-0.2, 0) is 4.79 Å². The average molecular weight is 238 g/mol. The molecule has 0 amide bonds. The highest BCUT2D eigenvalue weighted by molar-refractivity contribution is 8.00. The molecular weight excluding hydrogens is 232 g/mol. The standard InChI is InChI=1S/C9H6N2O4S/c10-4-6-3-7(16-5-9(12)13)1-2-8(6)11(14)15/h1-3H,5H2,(H,12,13). The van der Waals surface area contributed by atoms with Gasteiger partial charge in [-0.15, -0.1) is 11.8 Å². The van der Waals surface area contributed by atoms with Gasteiger partial charge in [-0.05, 0) is 12.1 Å². The molecule has 0 bridgehead atoms. The Bertz CT molecular complexity index is 481. The molecule has 0 atom stereocenters. The van der Waals surface area contributed by atoms with E-state index in [0.717, 1.165) is 11.8 Å². The fraction of sp³-hybridized carbons (Fsp3) is 0.111. The highest BCUT2D eigenvalue weighted by Crippen LogP contribution is 2.25. The summed E-state index contributed by atoms with van der Waals surface area (Å²) < 4.78 is 0. The number of carboxylic acid groups (broad SMARTS) is 1. The lowest BCUT2D eigenvalue weighted by atomic mass is 10.2. The molecule has 7 heteroatoms. The number of carbonyl (C=O) groups is 1. The van der Waals surface area contributed by atoms with Gasteiger partial charge in [-0.2, -0.15) is 5.26 Å². The highest BCUT2D eigenvalue weighted by Gasteiger charge is 2.14. The highest BCUT2D eigenvalue weighted by atomic mass is 32.2. The van der Waals surface area contributed by atoms with Gasteiger partial charge in [0.1, 0.15) is 11.6 Å². The second-order valence-electron chi connectivity index (χ2n) is 2.73. The van der Waals surface area contributed by atoms with E-state index in [1.54, 1.807) is 6.07 Å². The normalized spacial score (nSPS) is 9.44. The minimum Gasteiger partial charge on any atom is -0.481 e. The summed E-state index contributed by atoms with van der Waals surface area (Å²) in [5, 5.41) is 27.7. The fourth-order valence-corrected chi connectivity index (χ4v) is 1.65. The Morgan fingerprint density at radius 3 is 2.81 bits per heavy atom. The van der Waals surface area contributed by atoms with Gasteiger partial charge in [0, 0.05) is 11.0 Å². The summed E-state index contributed by atoms with van der Waals surface area (Å²) in [5.41, 5.74) is -0.345. The van der Waals surface area contributed by atoms with Gasteiger partial charge in [0.2, 0.25) is 0 Å². The number of carboxylic acids is 1. The Balaban J connectivity index is 2.96. The Morgan fingerprint density at radius 2 is 2.31 bits per heavy atom. The van der Waals surface area contributed by atoms with Gasteiger partial charge >= 0.3 is 5.97 Å². The van der Waals surface area contributed by atoms with Crippen molar-refractivity contribution in [1.29, 1.82) is 5.26 Å². The molecule has 0 fully saturated rings. The van der Waals surface area contributed by atoms with E-state index in [1.165, 1.54) is 18.2 Å². The van der Waals surface area contributed by atoms with Crippen LogP contribution >= 0.6 is 11.8 Å². The molecule has 0 unspecified atom stereocenters. The second kappa shape index (κ2) is 5.14. The third-order valence-corrected chi connectivity index (χ3v) is 2.63. The van der Waals surface area contributed by atoms with Crippen molar-refractivity contribution in [2.75, 3.05) is 5.75 Å². The first kappa shape index (κ1) is 12.0. The van der Waals surface area contributed by atoms with Crippen molar-refractivity contribution in [3.8, 4) is 6.07 Å². The van der Waals surface area contributed by atoms with Gasteiger partial charge in [0.05, 0.1) is 10.7 Å². The Kier molecular flexibility index (Phi) is 3.85. The summed E-state index contributed by atoms with van der Waals surface area (Å²) in [7, 11) is 0. The van der Waals surface area contributed by atoms with E-state index in [1.807, 2.05) is 0 Å². The minimum atomic E-state index is -0.984. The zero-order valence-corrected chi connectivity index (χ0v) is 8.73. The predicted molar refractivity (Wildman–Crippen MR) is 56.2 cm³/mol. The lowest BCUT2D eigenvalue weighted by molar-refractivity contribution is -0.385. The molecule has 1 aromatic rings. The van der Waals surface area contributed by atoms with Gasteiger partial charge in [0.15, 0.2) is 0 Å². The van der Waals surface area contributed by atoms with Gasteiger partial charge in [-0.1, -0.05) is 0 Å². The minimum absolute atomic E-state index is 0.0691. The molecule has 1 rings (SSSR count). The van der Waals surface area contributed by atoms with Gasteiger partial charge in [-0.3, -0.25) is 14.9 Å². The molecule has 0 saturated heterocycles. The van der Waals surface area contributed by atoms with E-state index in [0.29, 0.717) is 4.90 Å². The van der Waals surface area contributed by atoms with Crippen LogP contribution in [0.1, 0.15) is 5.56 Å². The zero-order chi connectivity index (χ0) is 12.1. The third-order valence-electron chi connectivity index (χ3n) is 1.65. The largest absolute Gasteiger partial charge is 0.481 e. The molecule has 0 aliphatic rings.